The molecule has 1 fully saturated rings. The normalized spacial score (nSPS) is 16.0. The van der Waals surface area contributed by atoms with Crippen LogP contribution in [-0.2, 0) is 20.8 Å². The van der Waals surface area contributed by atoms with Crippen molar-refractivity contribution in [2.75, 3.05) is 29.6 Å². The SMILES string of the molecule is CC(C)(C)OC(=O)CCC1CN(c2cccc3c2CCN3OC(=O)c2ccccc2)C1. The van der Waals surface area contributed by atoms with Crippen molar-refractivity contribution in [3.63, 3.8) is 0 Å². The monoisotopic (exact) mass is 422 g/mol. The topological polar surface area (TPSA) is 59.1 Å². The zero-order valence-corrected chi connectivity index (χ0v) is 18.5. The maximum Gasteiger partial charge on any atom is 0.363 e. The molecule has 6 heteroatoms. The number of carbonyl (C=O) groups excluding carboxylic acids is 2. The van der Waals surface area contributed by atoms with Crippen molar-refractivity contribution in [3.05, 3.63) is 59.7 Å². The quantitative estimate of drug-likeness (QED) is 0.644. The zero-order chi connectivity index (χ0) is 22.0. The number of anilines is 2. The van der Waals surface area contributed by atoms with Crippen molar-refractivity contribution < 1.29 is 19.2 Å². The van der Waals surface area contributed by atoms with Gasteiger partial charge in [0.1, 0.15) is 5.60 Å². The molecule has 0 spiro atoms. The minimum atomic E-state index is -0.427. The molecule has 0 unspecified atom stereocenters. The maximum absolute atomic E-state index is 12.4. The highest BCUT2D eigenvalue weighted by Crippen LogP contribution is 2.39. The Hall–Kier alpha value is -3.02. The Morgan fingerprint density at radius 1 is 1.00 bits per heavy atom. The average Bonchev–Trinajstić information content (AvgIpc) is 3.09. The molecule has 0 N–H and O–H groups in total. The van der Waals surface area contributed by atoms with Gasteiger partial charge in [0, 0.05) is 30.8 Å². The van der Waals surface area contributed by atoms with Gasteiger partial charge in [-0.15, -0.1) is 0 Å². The molecule has 164 valence electrons. The summed E-state index contributed by atoms with van der Waals surface area (Å²) in [5.74, 6) is 0.0317. The molecule has 2 aromatic carbocycles. The minimum Gasteiger partial charge on any atom is -0.460 e. The van der Waals surface area contributed by atoms with E-state index < -0.39 is 5.60 Å². The molecule has 0 aliphatic carbocycles. The molecule has 4 rings (SSSR count). The van der Waals surface area contributed by atoms with Crippen LogP contribution in [0.3, 0.4) is 0 Å². The molecular formula is C25H30N2O4. The van der Waals surface area contributed by atoms with E-state index in [1.807, 2.05) is 51.1 Å². The molecule has 0 bridgehead atoms. The van der Waals surface area contributed by atoms with Gasteiger partial charge < -0.3 is 14.5 Å². The van der Waals surface area contributed by atoms with E-state index in [-0.39, 0.29) is 11.9 Å². The Morgan fingerprint density at radius 2 is 1.71 bits per heavy atom. The molecule has 2 aliphatic heterocycles. The van der Waals surface area contributed by atoms with Crippen LogP contribution in [0.1, 0.15) is 49.5 Å². The van der Waals surface area contributed by atoms with Crippen molar-refractivity contribution in [2.45, 2.75) is 45.6 Å². The molecule has 6 nitrogen and oxygen atoms in total. The van der Waals surface area contributed by atoms with Gasteiger partial charge in [0.05, 0.1) is 17.8 Å². The number of rotatable bonds is 6. The largest absolute Gasteiger partial charge is 0.460 e. The average molecular weight is 423 g/mol. The third kappa shape index (κ3) is 5.01. The van der Waals surface area contributed by atoms with Gasteiger partial charge in [-0.2, -0.15) is 0 Å². The number of hydrogen-bond acceptors (Lipinski definition) is 6. The standard InChI is InChI=1S/C25H30N2O4/c1-25(2,3)30-23(28)13-12-18-16-26(17-18)21-10-7-11-22-20(21)14-15-27(22)31-24(29)19-8-5-4-6-9-19/h4-11,18H,12-17H2,1-3H3. The van der Waals surface area contributed by atoms with Gasteiger partial charge in [-0.25, -0.2) is 9.86 Å². The summed E-state index contributed by atoms with van der Waals surface area (Å²) in [4.78, 5) is 32.4. The predicted octanol–water partition coefficient (Wildman–Crippen LogP) is 4.38. The van der Waals surface area contributed by atoms with Crippen molar-refractivity contribution in [2.24, 2.45) is 5.92 Å². The van der Waals surface area contributed by atoms with Crippen molar-refractivity contribution in [3.8, 4) is 0 Å². The van der Waals surface area contributed by atoms with Crippen LogP contribution >= 0.6 is 0 Å². The highest BCUT2D eigenvalue weighted by atomic mass is 16.7. The summed E-state index contributed by atoms with van der Waals surface area (Å²) in [7, 11) is 0. The summed E-state index contributed by atoms with van der Waals surface area (Å²) in [6.45, 7) is 8.21. The number of hydrogen-bond donors (Lipinski definition) is 0. The molecule has 2 aliphatic rings. The first-order valence-electron chi connectivity index (χ1n) is 10.9. The number of nitrogens with zero attached hydrogens (tertiary/aromatic N) is 2. The molecule has 0 aromatic heterocycles. The number of hydroxylamine groups is 1. The first-order chi connectivity index (χ1) is 14.8. The molecule has 2 aromatic rings. The predicted molar refractivity (Wildman–Crippen MR) is 120 cm³/mol. The van der Waals surface area contributed by atoms with Crippen LogP contribution in [0.4, 0.5) is 11.4 Å². The number of esters is 1. The van der Waals surface area contributed by atoms with Crippen LogP contribution in [0.2, 0.25) is 0 Å². The first-order valence-corrected chi connectivity index (χ1v) is 10.9. The third-order valence-corrected chi connectivity index (χ3v) is 5.64. The van der Waals surface area contributed by atoms with Gasteiger partial charge in [-0.3, -0.25) is 4.79 Å². The number of fused-ring (bicyclic) bond motifs is 1. The molecule has 1 saturated heterocycles. The minimum absolute atomic E-state index is 0.123. The summed E-state index contributed by atoms with van der Waals surface area (Å²) in [5, 5.41) is 1.70. The fraction of sp³-hybridized carbons (Fsp3) is 0.440. The number of carbonyl (C=O) groups is 2. The van der Waals surface area contributed by atoms with E-state index in [0.717, 1.165) is 31.6 Å². The maximum atomic E-state index is 12.4. The summed E-state index contributed by atoms with van der Waals surface area (Å²) in [5.41, 5.74) is 3.49. The lowest BCUT2D eigenvalue weighted by Crippen LogP contribution is -2.47. The molecule has 0 radical (unpaired) electrons. The Morgan fingerprint density at radius 3 is 2.42 bits per heavy atom. The highest BCUT2D eigenvalue weighted by Gasteiger charge is 2.33. The van der Waals surface area contributed by atoms with Crippen molar-refractivity contribution >= 4 is 23.3 Å². The summed E-state index contributed by atoms with van der Waals surface area (Å²) in [6, 6.07) is 15.2. The lowest BCUT2D eigenvalue weighted by Gasteiger charge is -2.42. The van der Waals surface area contributed by atoms with Crippen molar-refractivity contribution in [1.82, 2.24) is 0 Å². The first kappa shape index (κ1) is 21.2. The van der Waals surface area contributed by atoms with Crippen LogP contribution < -0.4 is 9.96 Å². The Labute approximate surface area is 183 Å². The zero-order valence-electron chi connectivity index (χ0n) is 18.5. The summed E-state index contributed by atoms with van der Waals surface area (Å²) in [6.07, 6.45) is 2.15. The lowest BCUT2D eigenvalue weighted by molar-refractivity contribution is -0.155. The second-order valence-corrected chi connectivity index (χ2v) is 9.27. The smallest absolute Gasteiger partial charge is 0.363 e. The van der Waals surface area contributed by atoms with Gasteiger partial charge in [-0.1, -0.05) is 24.3 Å². The van der Waals surface area contributed by atoms with E-state index in [4.69, 9.17) is 9.57 Å². The van der Waals surface area contributed by atoms with E-state index in [2.05, 4.69) is 11.0 Å². The van der Waals surface area contributed by atoms with Gasteiger partial charge in [0.25, 0.3) is 0 Å². The highest BCUT2D eigenvalue weighted by molar-refractivity contribution is 5.90. The molecule has 2 heterocycles. The number of benzene rings is 2. The van der Waals surface area contributed by atoms with E-state index in [1.54, 1.807) is 17.2 Å². The summed E-state index contributed by atoms with van der Waals surface area (Å²) < 4.78 is 5.40. The van der Waals surface area contributed by atoms with Crippen LogP contribution in [0, 0.1) is 5.92 Å². The Bertz CT molecular complexity index is 946. The molecule has 31 heavy (non-hydrogen) atoms. The molecular weight excluding hydrogens is 392 g/mol. The second-order valence-electron chi connectivity index (χ2n) is 9.27. The van der Waals surface area contributed by atoms with Crippen LogP contribution in [-0.4, -0.2) is 37.2 Å². The fourth-order valence-corrected chi connectivity index (χ4v) is 4.17. The van der Waals surface area contributed by atoms with Gasteiger partial charge in [0.2, 0.25) is 0 Å². The van der Waals surface area contributed by atoms with Gasteiger partial charge >= 0.3 is 11.9 Å². The van der Waals surface area contributed by atoms with E-state index in [1.165, 1.54) is 11.3 Å². The van der Waals surface area contributed by atoms with Gasteiger partial charge in [-0.05, 0) is 63.8 Å². The van der Waals surface area contributed by atoms with Crippen LogP contribution in [0.25, 0.3) is 0 Å². The summed E-state index contributed by atoms with van der Waals surface area (Å²) >= 11 is 0. The Kier molecular flexibility index (Phi) is 5.90. The van der Waals surface area contributed by atoms with E-state index in [9.17, 15) is 9.59 Å². The fourth-order valence-electron chi connectivity index (χ4n) is 4.17. The van der Waals surface area contributed by atoms with Gasteiger partial charge in [0.15, 0.2) is 0 Å². The molecule has 0 atom stereocenters. The lowest BCUT2D eigenvalue weighted by atomic mass is 9.93. The number of ether oxygens (including phenoxy) is 1. The second kappa shape index (κ2) is 8.61. The van der Waals surface area contributed by atoms with E-state index in [0.29, 0.717) is 24.4 Å². The van der Waals surface area contributed by atoms with E-state index >= 15 is 0 Å². The third-order valence-electron chi connectivity index (χ3n) is 5.64. The van der Waals surface area contributed by atoms with Crippen molar-refractivity contribution in [1.29, 1.82) is 0 Å². The van der Waals surface area contributed by atoms with Crippen LogP contribution in [0.15, 0.2) is 48.5 Å². The molecule has 0 amide bonds. The Balaban J connectivity index is 1.33. The molecule has 0 saturated carbocycles. The van der Waals surface area contributed by atoms with Crippen LogP contribution in [0.5, 0.6) is 0 Å².